The van der Waals surface area contributed by atoms with Gasteiger partial charge in [-0.25, -0.2) is 8.75 Å². The van der Waals surface area contributed by atoms with Gasteiger partial charge in [-0.2, -0.15) is 4.98 Å². The number of amides is 1. The zero-order valence-electron chi connectivity index (χ0n) is 12.8. The molecule has 1 aromatic carbocycles. The lowest BCUT2D eigenvalue weighted by atomic mass is 10.2. The molecule has 2 rings (SSSR count). The number of aliphatic hydroxyl groups is 1. The highest BCUT2D eigenvalue weighted by molar-refractivity contribution is 7.51. The van der Waals surface area contributed by atoms with Crippen LogP contribution in [0.3, 0.4) is 0 Å². The van der Waals surface area contributed by atoms with Crippen LogP contribution in [-0.2, 0) is 15.8 Å². The first-order chi connectivity index (χ1) is 11.8. The molecule has 136 valence electrons. The largest absolute Gasteiger partial charge is 0.394 e. The van der Waals surface area contributed by atoms with E-state index in [4.69, 9.17) is 14.5 Å². The van der Waals surface area contributed by atoms with E-state index in [1.54, 1.807) is 30.3 Å². The van der Waals surface area contributed by atoms with Gasteiger partial charge in [0.15, 0.2) is 0 Å². The molecule has 0 aliphatic heterocycles. The van der Waals surface area contributed by atoms with Crippen LogP contribution in [0.25, 0.3) is 0 Å². The molecule has 0 bridgehead atoms. The highest BCUT2D eigenvalue weighted by Gasteiger charge is 2.20. The maximum atomic E-state index is 12.0. The Morgan fingerprint density at radius 2 is 2.04 bits per heavy atom. The summed E-state index contributed by atoms with van der Waals surface area (Å²) in [6, 6.07) is 8.36. The molecule has 0 fully saturated rings. The highest BCUT2D eigenvalue weighted by atomic mass is 32.1. The first-order valence-electron chi connectivity index (χ1n) is 7.00. The van der Waals surface area contributed by atoms with Crippen LogP contribution in [-0.4, -0.2) is 48.8 Å². The number of aliphatic hydroxyl groups excluding tert-OH is 1. The summed E-state index contributed by atoms with van der Waals surface area (Å²) in [6.45, 7) is -0.704. The number of ether oxygens (including phenoxy) is 1. The summed E-state index contributed by atoms with van der Waals surface area (Å²) < 4.78 is 16.8. The number of carbonyl (C=O) groups excluding carboxylic acids is 1. The van der Waals surface area contributed by atoms with E-state index in [1.165, 1.54) is 0 Å². The van der Waals surface area contributed by atoms with Crippen molar-refractivity contribution in [3.8, 4) is 0 Å². The van der Waals surface area contributed by atoms with Crippen molar-refractivity contribution in [3.05, 3.63) is 46.4 Å². The van der Waals surface area contributed by atoms with Crippen molar-refractivity contribution in [2.45, 2.75) is 12.6 Å². The molecule has 0 aliphatic rings. The predicted octanol–water partition coefficient (Wildman–Crippen LogP) is 0.0698. The molecule has 0 saturated heterocycles. The van der Waals surface area contributed by atoms with E-state index in [0.717, 1.165) is 15.5 Å². The maximum absolute atomic E-state index is 12.0. The van der Waals surface area contributed by atoms with E-state index in [9.17, 15) is 19.3 Å². The highest BCUT2D eigenvalue weighted by Crippen LogP contribution is 2.34. The lowest BCUT2D eigenvalue weighted by Gasteiger charge is -2.15. The first kappa shape index (κ1) is 19.4. The zero-order valence-corrected chi connectivity index (χ0v) is 14.5. The van der Waals surface area contributed by atoms with E-state index in [-0.39, 0.29) is 11.7 Å². The van der Waals surface area contributed by atoms with Gasteiger partial charge in [-0.05, 0) is 23.7 Å². The number of nitrogens with zero attached hydrogens (tertiary/aromatic N) is 2. The molecule has 1 aromatic heterocycles. The number of carbonyl (C=O) groups is 1. The molecule has 0 aliphatic carbocycles. The molecule has 1 heterocycles. The SMILES string of the molecule is O=C(Nc1nc(=O)n(C[C@@H](CO)OCP(=O)(O)O)s1)c1ccccc1. The minimum Gasteiger partial charge on any atom is -0.394 e. The van der Waals surface area contributed by atoms with Crippen LogP contribution >= 0.6 is 19.1 Å². The van der Waals surface area contributed by atoms with Crippen LogP contribution in [0.2, 0.25) is 0 Å². The van der Waals surface area contributed by atoms with Gasteiger partial charge in [0.05, 0.1) is 13.2 Å². The fraction of sp³-hybridized carbons (Fsp3) is 0.308. The van der Waals surface area contributed by atoms with E-state index in [2.05, 4.69) is 10.3 Å². The van der Waals surface area contributed by atoms with Crippen LogP contribution in [0.15, 0.2) is 35.1 Å². The van der Waals surface area contributed by atoms with Gasteiger partial charge in [0.1, 0.15) is 12.5 Å². The van der Waals surface area contributed by atoms with Gasteiger partial charge in [-0.3, -0.25) is 14.7 Å². The van der Waals surface area contributed by atoms with Crippen molar-refractivity contribution in [3.63, 3.8) is 0 Å². The third kappa shape index (κ3) is 6.16. The molecule has 0 unspecified atom stereocenters. The molecular weight excluding hydrogens is 373 g/mol. The summed E-state index contributed by atoms with van der Waals surface area (Å²) in [5, 5.41) is 11.7. The van der Waals surface area contributed by atoms with Crippen LogP contribution in [0.4, 0.5) is 5.13 Å². The van der Waals surface area contributed by atoms with Crippen molar-refractivity contribution in [2.24, 2.45) is 0 Å². The van der Waals surface area contributed by atoms with Gasteiger partial charge in [-0.1, -0.05) is 18.2 Å². The molecule has 0 radical (unpaired) electrons. The molecule has 0 spiro atoms. The minimum atomic E-state index is -4.39. The third-order valence-corrected chi connectivity index (χ3v) is 4.29. The van der Waals surface area contributed by atoms with Crippen LogP contribution < -0.4 is 11.0 Å². The quantitative estimate of drug-likeness (QED) is 0.463. The Balaban J connectivity index is 2.02. The summed E-state index contributed by atoms with van der Waals surface area (Å²) in [6.07, 6.45) is -1.87. The number of rotatable bonds is 8. The second-order valence-corrected chi connectivity index (χ2v) is 7.53. The number of aromatic nitrogens is 2. The zero-order chi connectivity index (χ0) is 18.4. The molecule has 2 aromatic rings. The molecule has 1 amide bonds. The Labute approximate surface area is 146 Å². The fourth-order valence-electron chi connectivity index (χ4n) is 1.78. The Bertz CT molecular complexity index is 817. The lowest BCUT2D eigenvalue weighted by molar-refractivity contribution is 0.0208. The number of nitrogens with one attached hydrogen (secondary N) is 1. The van der Waals surface area contributed by atoms with Gasteiger partial charge in [0, 0.05) is 5.56 Å². The Kier molecular flexibility index (Phi) is 6.59. The Hall–Kier alpha value is -1.88. The maximum Gasteiger partial charge on any atom is 0.359 e. The van der Waals surface area contributed by atoms with Crippen LogP contribution in [0.1, 0.15) is 10.4 Å². The number of hydrogen-bond acceptors (Lipinski definition) is 7. The van der Waals surface area contributed by atoms with Gasteiger partial charge in [0.2, 0.25) is 5.13 Å². The minimum absolute atomic E-state index is 0.0607. The van der Waals surface area contributed by atoms with Crippen molar-refractivity contribution < 1.29 is 29.0 Å². The molecule has 12 heteroatoms. The molecule has 1 atom stereocenters. The summed E-state index contributed by atoms with van der Waals surface area (Å²) in [5.41, 5.74) is -0.276. The van der Waals surface area contributed by atoms with Gasteiger partial charge in [0.25, 0.3) is 5.91 Å². The average molecular weight is 389 g/mol. The van der Waals surface area contributed by atoms with Crippen molar-refractivity contribution in [2.75, 3.05) is 18.3 Å². The van der Waals surface area contributed by atoms with Crippen LogP contribution in [0, 0.1) is 0 Å². The number of hydrogen-bond donors (Lipinski definition) is 4. The molecule has 25 heavy (non-hydrogen) atoms. The normalized spacial score (nSPS) is 12.8. The van der Waals surface area contributed by atoms with E-state index < -0.39 is 38.3 Å². The monoisotopic (exact) mass is 389 g/mol. The van der Waals surface area contributed by atoms with Gasteiger partial charge in [-0.15, -0.1) is 0 Å². The van der Waals surface area contributed by atoms with Gasteiger partial charge < -0.3 is 19.6 Å². The summed E-state index contributed by atoms with van der Waals surface area (Å²) in [7, 11) is -4.39. The van der Waals surface area contributed by atoms with E-state index in [0.29, 0.717) is 5.56 Å². The van der Waals surface area contributed by atoms with E-state index in [1.807, 2.05) is 0 Å². The summed E-state index contributed by atoms with van der Waals surface area (Å²) in [4.78, 5) is 45.1. The standard InChI is InChI=1S/C13H16N3O7PS/c17-7-10(23-8-24(20,21)22)6-16-13(19)15-12(25-16)14-11(18)9-4-2-1-3-5-9/h1-5,10,17H,6-8H2,(H2,20,21,22)(H,14,15,18,19)/t10-/m0/s1. The van der Waals surface area contributed by atoms with Gasteiger partial charge >= 0.3 is 13.3 Å². The Morgan fingerprint density at radius 3 is 2.64 bits per heavy atom. The second-order valence-electron chi connectivity index (χ2n) is 4.94. The van der Waals surface area contributed by atoms with Crippen molar-refractivity contribution in [1.29, 1.82) is 0 Å². The Morgan fingerprint density at radius 1 is 1.36 bits per heavy atom. The van der Waals surface area contributed by atoms with Crippen LogP contribution in [0.5, 0.6) is 0 Å². The molecule has 10 nitrogen and oxygen atoms in total. The molecule has 4 N–H and O–H groups in total. The van der Waals surface area contributed by atoms with Crippen molar-refractivity contribution in [1.82, 2.24) is 8.94 Å². The topological polar surface area (TPSA) is 151 Å². The second kappa shape index (κ2) is 8.48. The molecule has 0 saturated carbocycles. The number of anilines is 1. The predicted molar refractivity (Wildman–Crippen MR) is 89.6 cm³/mol. The molecular formula is C13H16N3O7PS. The first-order valence-corrected chi connectivity index (χ1v) is 9.57. The fourth-order valence-corrected chi connectivity index (χ4v) is 3.01. The number of benzene rings is 1. The van der Waals surface area contributed by atoms with Crippen molar-refractivity contribution >= 4 is 30.2 Å². The average Bonchev–Trinajstić information content (AvgIpc) is 2.90. The lowest BCUT2D eigenvalue weighted by Crippen LogP contribution is -2.28. The third-order valence-electron chi connectivity index (χ3n) is 2.92. The summed E-state index contributed by atoms with van der Waals surface area (Å²) >= 11 is 0.835. The van der Waals surface area contributed by atoms with E-state index >= 15 is 0 Å². The summed E-state index contributed by atoms with van der Waals surface area (Å²) in [5.74, 6) is -0.432. The smallest absolute Gasteiger partial charge is 0.359 e.